The molecule has 0 aliphatic carbocycles. The number of carbonyl (C=O) groups is 2. The van der Waals surface area contributed by atoms with Gasteiger partial charge >= 0.3 is 5.97 Å². The molecule has 0 saturated heterocycles. The molecule has 0 atom stereocenters. The van der Waals surface area contributed by atoms with Crippen molar-refractivity contribution < 1.29 is 14.7 Å². The van der Waals surface area contributed by atoms with E-state index in [1.54, 1.807) is 12.1 Å². The van der Waals surface area contributed by atoms with Gasteiger partial charge in [0.25, 0.3) is 0 Å². The van der Waals surface area contributed by atoms with Crippen molar-refractivity contribution in [2.75, 3.05) is 6.54 Å². The Bertz CT molecular complexity index is 524. The third-order valence-corrected chi connectivity index (χ3v) is 2.25. The Balaban J connectivity index is 2.75. The van der Waals surface area contributed by atoms with Crippen LogP contribution in [0.5, 0.6) is 0 Å². The first-order valence-electron chi connectivity index (χ1n) is 5.58. The number of aromatic carboxylic acids is 1. The lowest BCUT2D eigenvalue weighted by Crippen LogP contribution is -2.20. The van der Waals surface area contributed by atoms with Crippen LogP contribution in [0, 0.1) is 18.8 Å². The number of carboxylic acid groups (broad SMARTS) is 1. The molecule has 0 saturated carbocycles. The summed E-state index contributed by atoms with van der Waals surface area (Å²) in [6.07, 6.45) is 0.493. The second-order valence-corrected chi connectivity index (χ2v) is 3.89. The Labute approximate surface area is 106 Å². The van der Waals surface area contributed by atoms with E-state index in [4.69, 9.17) is 5.11 Å². The summed E-state index contributed by atoms with van der Waals surface area (Å²) in [5, 5.41) is 11.7. The zero-order valence-electron chi connectivity index (χ0n) is 10.4. The zero-order valence-corrected chi connectivity index (χ0v) is 10.4. The maximum atomic E-state index is 11.0. The van der Waals surface area contributed by atoms with Crippen LogP contribution in [-0.2, 0) is 4.79 Å². The summed E-state index contributed by atoms with van der Waals surface area (Å²) in [4.78, 5) is 21.6. The summed E-state index contributed by atoms with van der Waals surface area (Å²) in [7, 11) is 0. The number of amides is 1. The number of nitrogens with one attached hydrogen (secondary N) is 1. The highest BCUT2D eigenvalue weighted by Crippen LogP contribution is 2.10. The summed E-state index contributed by atoms with van der Waals surface area (Å²) in [6.45, 7) is 3.74. The van der Waals surface area contributed by atoms with Crippen molar-refractivity contribution >= 4 is 11.9 Å². The standard InChI is InChI=1S/C14H15NO3/c1-10-6-7-12(13(9-10)14(17)18)5-3-4-8-15-11(2)16/h6-7,9H,4,8H2,1-2H3,(H,15,16)(H,17,18). The topological polar surface area (TPSA) is 66.4 Å². The van der Waals surface area contributed by atoms with Crippen molar-refractivity contribution in [1.82, 2.24) is 5.32 Å². The molecule has 0 aliphatic rings. The molecule has 94 valence electrons. The fraction of sp³-hybridized carbons (Fsp3) is 0.286. The molecule has 4 heteroatoms. The van der Waals surface area contributed by atoms with Crippen LogP contribution in [-0.4, -0.2) is 23.5 Å². The van der Waals surface area contributed by atoms with Crippen molar-refractivity contribution in [2.45, 2.75) is 20.3 Å². The Hall–Kier alpha value is -2.28. The molecule has 18 heavy (non-hydrogen) atoms. The number of benzene rings is 1. The van der Waals surface area contributed by atoms with Crippen LogP contribution in [0.15, 0.2) is 18.2 Å². The summed E-state index contributed by atoms with van der Waals surface area (Å²) in [5.74, 6) is 4.58. The van der Waals surface area contributed by atoms with E-state index in [1.165, 1.54) is 6.92 Å². The third kappa shape index (κ3) is 4.30. The van der Waals surface area contributed by atoms with E-state index < -0.39 is 5.97 Å². The molecule has 0 aromatic heterocycles. The highest BCUT2D eigenvalue weighted by Gasteiger charge is 2.07. The quantitative estimate of drug-likeness (QED) is 0.627. The van der Waals surface area contributed by atoms with Crippen LogP contribution >= 0.6 is 0 Å². The van der Waals surface area contributed by atoms with E-state index >= 15 is 0 Å². The SMILES string of the molecule is CC(=O)NCCC#Cc1ccc(C)cc1C(=O)O. The number of rotatable bonds is 3. The van der Waals surface area contributed by atoms with Crippen LogP contribution in [0.2, 0.25) is 0 Å². The van der Waals surface area contributed by atoms with Gasteiger partial charge in [0.05, 0.1) is 5.56 Å². The maximum Gasteiger partial charge on any atom is 0.336 e. The van der Waals surface area contributed by atoms with Gasteiger partial charge in [0.15, 0.2) is 0 Å². The predicted molar refractivity (Wildman–Crippen MR) is 68.3 cm³/mol. The van der Waals surface area contributed by atoms with Crippen molar-refractivity contribution in [3.05, 3.63) is 34.9 Å². The van der Waals surface area contributed by atoms with Crippen LogP contribution < -0.4 is 5.32 Å². The first-order valence-corrected chi connectivity index (χ1v) is 5.58. The minimum absolute atomic E-state index is 0.0987. The van der Waals surface area contributed by atoms with Gasteiger partial charge in [-0.2, -0.15) is 0 Å². The summed E-state index contributed by atoms with van der Waals surface area (Å²) in [5.41, 5.74) is 1.59. The smallest absolute Gasteiger partial charge is 0.336 e. The molecule has 2 N–H and O–H groups in total. The van der Waals surface area contributed by atoms with Gasteiger partial charge in [-0.3, -0.25) is 4.79 Å². The molecule has 1 aromatic carbocycles. The number of hydrogen-bond acceptors (Lipinski definition) is 2. The summed E-state index contributed by atoms with van der Waals surface area (Å²) < 4.78 is 0. The second-order valence-electron chi connectivity index (χ2n) is 3.89. The van der Waals surface area contributed by atoms with Crippen LogP contribution in [0.3, 0.4) is 0 Å². The maximum absolute atomic E-state index is 11.0. The first-order chi connectivity index (χ1) is 8.50. The van der Waals surface area contributed by atoms with Crippen molar-refractivity contribution in [2.24, 2.45) is 0 Å². The van der Waals surface area contributed by atoms with E-state index in [9.17, 15) is 9.59 Å². The summed E-state index contributed by atoms with van der Waals surface area (Å²) in [6, 6.07) is 5.12. The number of aryl methyl sites for hydroxylation is 1. The van der Waals surface area contributed by atoms with E-state index in [-0.39, 0.29) is 11.5 Å². The molecule has 0 heterocycles. The highest BCUT2D eigenvalue weighted by atomic mass is 16.4. The lowest BCUT2D eigenvalue weighted by molar-refractivity contribution is -0.118. The molecule has 0 spiro atoms. The molecule has 0 aliphatic heterocycles. The van der Waals surface area contributed by atoms with Gasteiger partial charge in [-0.1, -0.05) is 23.5 Å². The average Bonchev–Trinajstić information content (AvgIpc) is 2.29. The second kappa shape index (κ2) is 6.45. The molecular formula is C14H15NO3. The molecule has 1 aromatic rings. The number of carboxylic acids is 1. The Morgan fingerprint density at radius 1 is 1.39 bits per heavy atom. The number of hydrogen-bond donors (Lipinski definition) is 2. The van der Waals surface area contributed by atoms with E-state index in [2.05, 4.69) is 17.2 Å². The van der Waals surface area contributed by atoms with E-state index in [0.29, 0.717) is 18.5 Å². The minimum atomic E-state index is -0.982. The monoisotopic (exact) mass is 245 g/mol. The van der Waals surface area contributed by atoms with E-state index in [1.807, 2.05) is 13.0 Å². The minimum Gasteiger partial charge on any atom is -0.478 e. The lowest BCUT2D eigenvalue weighted by atomic mass is 10.0. The Morgan fingerprint density at radius 2 is 2.11 bits per heavy atom. The van der Waals surface area contributed by atoms with E-state index in [0.717, 1.165) is 5.56 Å². The van der Waals surface area contributed by atoms with Crippen molar-refractivity contribution in [3.8, 4) is 11.8 Å². The van der Waals surface area contributed by atoms with Gasteiger partial charge in [0.1, 0.15) is 0 Å². The fourth-order valence-corrected chi connectivity index (χ4v) is 1.40. The van der Waals surface area contributed by atoms with Crippen LogP contribution in [0.25, 0.3) is 0 Å². The fourth-order valence-electron chi connectivity index (χ4n) is 1.40. The molecule has 0 bridgehead atoms. The average molecular weight is 245 g/mol. The molecule has 4 nitrogen and oxygen atoms in total. The normalized spacial score (nSPS) is 9.22. The molecule has 1 rings (SSSR count). The third-order valence-electron chi connectivity index (χ3n) is 2.25. The highest BCUT2D eigenvalue weighted by molar-refractivity contribution is 5.91. The molecule has 0 radical (unpaired) electrons. The molecular weight excluding hydrogens is 230 g/mol. The first kappa shape index (κ1) is 13.8. The van der Waals surface area contributed by atoms with Crippen molar-refractivity contribution in [3.63, 3.8) is 0 Å². The lowest BCUT2D eigenvalue weighted by Gasteiger charge is -2.00. The van der Waals surface area contributed by atoms with Gasteiger partial charge < -0.3 is 10.4 Å². The molecule has 0 unspecified atom stereocenters. The van der Waals surface area contributed by atoms with Crippen molar-refractivity contribution in [1.29, 1.82) is 0 Å². The molecule has 0 fully saturated rings. The molecule has 1 amide bonds. The Morgan fingerprint density at radius 3 is 2.72 bits per heavy atom. The van der Waals surface area contributed by atoms with Crippen LogP contribution in [0.1, 0.15) is 34.8 Å². The zero-order chi connectivity index (χ0) is 13.5. The predicted octanol–water partition coefficient (Wildman–Crippen LogP) is 1.57. The largest absolute Gasteiger partial charge is 0.478 e. The Kier molecular flexibility index (Phi) is 4.94. The van der Waals surface area contributed by atoms with Gasteiger partial charge in [-0.25, -0.2) is 4.79 Å². The van der Waals surface area contributed by atoms with Gasteiger partial charge in [-0.15, -0.1) is 0 Å². The number of carbonyl (C=O) groups excluding carboxylic acids is 1. The van der Waals surface area contributed by atoms with Gasteiger partial charge in [-0.05, 0) is 19.1 Å². The van der Waals surface area contributed by atoms with Gasteiger partial charge in [0.2, 0.25) is 5.91 Å². The summed E-state index contributed by atoms with van der Waals surface area (Å²) >= 11 is 0. The van der Waals surface area contributed by atoms with Gasteiger partial charge in [0, 0.05) is 25.5 Å². The van der Waals surface area contributed by atoms with Crippen LogP contribution in [0.4, 0.5) is 0 Å².